The van der Waals surface area contributed by atoms with Gasteiger partial charge in [-0.05, 0) is 61.9 Å². The van der Waals surface area contributed by atoms with Crippen molar-refractivity contribution < 1.29 is 9.84 Å². The summed E-state index contributed by atoms with van der Waals surface area (Å²) in [5.41, 5.74) is 2.43. The van der Waals surface area contributed by atoms with Crippen LogP contribution < -0.4 is 10.1 Å². The molecule has 1 aromatic rings. The van der Waals surface area contributed by atoms with E-state index < -0.39 is 0 Å². The molecule has 0 spiro atoms. The van der Waals surface area contributed by atoms with Crippen molar-refractivity contribution in [3.8, 4) is 5.75 Å². The van der Waals surface area contributed by atoms with Gasteiger partial charge in [0.15, 0.2) is 0 Å². The molecule has 0 aromatic heterocycles. The summed E-state index contributed by atoms with van der Waals surface area (Å²) >= 11 is 0. The van der Waals surface area contributed by atoms with Gasteiger partial charge in [-0.2, -0.15) is 0 Å². The zero-order valence-corrected chi connectivity index (χ0v) is 12.0. The molecule has 0 saturated carbocycles. The molecule has 2 N–H and O–H groups in total. The Hall–Kier alpha value is -1.06. The highest BCUT2D eigenvalue weighted by atomic mass is 16.5. The number of aryl methyl sites for hydroxylation is 1. The molecular formula is C16H25NO2. The summed E-state index contributed by atoms with van der Waals surface area (Å²) in [6, 6.07) is 6.26. The highest BCUT2D eigenvalue weighted by Crippen LogP contribution is 2.24. The highest BCUT2D eigenvalue weighted by molar-refractivity contribution is 5.37. The lowest BCUT2D eigenvalue weighted by molar-refractivity contribution is 0.0890. The second kappa shape index (κ2) is 6.92. The van der Waals surface area contributed by atoms with Crippen molar-refractivity contribution in [1.82, 2.24) is 5.32 Å². The Labute approximate surface area is 116 Å². The number of aliphatic hydroxyl groups is 1. The number of piperidine rings is 1. The van der Waals surface area contributed by atoms with Gasteiger partial charge in [0, 0.05) is 0 Å². The molecule has 2 rings (SSSR count). The van der Waals surface area contributed by atoms with Crippen molar-refractivity contribution >= 4 is 0 Å². The number of methoxy groups -OCH3 is 1. The van der Waals surface area contributed by atoms with E-state index in [1.165, 1.54) is 11.1 Å². The van der Waals surface area contributed by atoms with Gasteiger partial charge in [-0.25, -0.2) is 0 Å². The van der Waals surface area contributed by atoms with E-state index in [4.69, 9.17) is 4.74 Å². The summed E-state index contributed by atoms with van der Waals surface area (Å²) in [6.07, 6.45) is 3.65. The average Bonchev–Trinajstić information content (AvgIpc) is 2.48. The minimum absolute atomic E-state index is 0.222. The molecule has 1 aromatic carbocycles. The first-order valence-corrected chi connectivity index (χ1v) is 7.29. The predicted octanol–water partition coefficient (Wildman–Crippen LogP) is 2.16. The van der Waals surface area contributed by atoms with E-state index in [1.54, 1.807) is 7.11 Å². The van der Waals surface area contributed by atoms with E-state index >= 15 is 0 Å². The van der Waals surface area contributed by atoms with Crippen LogP contribution in [0.1, 0.15) is 30.9 Å². The molecule has 1 heterocycles. The van der Waals surface area contributed by atoms with E-state index in [2.05, 4.69) is 24.4 Å². The normalized spacial score (nSPS) is 18.3. The largest absolute Gasteiger partial charge is 0.496 e. The van der Waals surface area contributed by atoms with Crippen LogP contribution >= 0.6 is 0 Å². The molecule has 0 bridgehead atoms. The zero-order valence-electron chi connectivity index (χ0n) is 12.0. The maximum Gasteiger partial charge on any atom is 0.122 e. The molecule has 0 radical (unpaired) electrons. The van der Waals surface area contributed by atoms with Gasteiger partial charge in [0.2, 0.25) is 0 Å². The molecule has 19 heavy (non-hydrogen) atoms. The first kappa shape index (κ1) is 14.4. The first-order valence-electron chi connectivity index (χ1n) is 7.29. The second-order valence-corrected chi connectivity index (χ2v) is 5.36. The molecule has 1 saturated heterocycles. The number of benzene rings is 1. The third-order valence-corrected chi connectivity index (χ3v) is 4.10. The summed E-state index contributed by atoms with van der Waals surface area (Å²) in [7, 11) is 1.71. The summed E-state index contributed by atoms with van der Waals surface area (Å²) < 4.78 is 5.34. The maximum atomic E-state index is 10.4. The lowest BCUT2D eigenvalue weighted by Gasteiger charge is -2.27. The molecule has 1 aliphatic rings. The number of hydrogen-bond acceptors (Lipinski definition) is 3. The summed E-state index contributed by atoms with van der Waals surface area (Å²) in [6.45, 7) is 4.19. The SMILES string of the molecule is CCc1cc(CC(O)C2CCNCC2)ccc1OC. The fraction of sp³-hybridized carbons (Fsp3) is 0.625. The van der Waals surface area contributed by atoms with Crippen LogP contribution in [0.15, 0.2) is 18.2 Å². The Morgan fingerprint density at radius 2 is 2.11 bits per heavy atom. The van der Waals surface area contributed by atoms with Crippen molar-refractivity contribution in [3.05, 3.63) is 29.3 Å². The Morgan fingerprint density at radius 1 is 1.37 bits per heavy atom. The molecule has 1 fully saturated rings. The van der Waals surface area contributed by atoms with Crippen molar-refractivity contribution in [2.24, 2.45) is 5.92 Å². The molecule has 1 atom stereocenters. The van der Waals surface area contributed by atoms with Gasteiger partial charge in [0.05, 0.1) is 13.2 Å². The van der Waals surface area contributed by atoms with Crippen LogP contribution in [0.5, 0.6) is 5.75 Å². The van der Waals surface area contributed by atoms with E-state index in [0.29, 0.717) is 5.92 Å². The molecule has 1 aliphatic heterocycles. The van der Waals surface area contributed by atoms with E-state index in [1.807, 2.05) is 6.07 Å². The fourth-order valence-corrected chi connectivity index (χ4v) is 2.87. The van der Waals surface area contributed by atoms with Crippen LogP contribution in [0.25, 0.3) is 0 Å². The summed E-state index contributed by atoms with van der Waals surface area (Å²) in [5, 5.41) is 13.7. The summed E-state index contributed by atoms with van der Waals surface area (Å²) in [5.74, 6) is 1.39. The van der Waals surface area contributed by atoms with Gasteiger partial charge in [0.25, 0.3) is 0 Å². The highest BCUT2D eigenvalue weighted by Gasteiger charge is 2.21. The maximum absolute atomic E-state index is 10.4. The van der Waals surface area contributed by atoms with Gasteiger partial charge < -0.3 is 15.2 Å². The zero-order chi connectivity index (χ0) is 13.7. The Balaban J connectivity index is 2.01. The molecule has 3 heteroatoms. The third kappa shape index (κ3) is 3.71. The average molecular weight is 263 g/mol. The Morgan fingerprint density at radius 3 is 2.74 bits per heavy atom. The monoisotopic (exact) mass is 263 g/mol. The fourth-order valence-electron chi connectivity index (χ4n) is 2.87. The van der Waals surface area contributed by atoms with Crippen LogP contribution in [0.3, 0.4) is 0 Å². The van der Waals surface area contributed by atoms with E-state index in [9.17, 15) is 5.11 Å². The molecule has 3 nitrogen and oxygen atoms in total. The Kier molecular flexibility index (Phi) is 5.23. The van der Waals surface area contributed by atoms with Crippen LogP contribution in [-0.4, -0.2) is 31.4 Å². The van der Waals surface area contributed by atoms with Gasteiger partial charge in [-0.3, -0.25) is 0 Å². The number of ether oxygens (including phenoxy) is 1. The van der Waals surface area contributed by atoms with Crippen LogP contribution in [0.4, 0.5) is 0 Å². The predicted molar refractivity (Wildman–Crippen MR) is 77.7 cm³/mol. The van der Waals surface area contributed by atoms with Gasteiger partial charge >= 0.3 is 0 Å². The van der Waals surface area contributed by atoms with Crippen LogP contribution in [0, 0.1) is 5.92 Å². The molecular weight excluding hydrogens is 238 g/mol. The lowest BCUT2D eigenvalue weighted by atomic mass is 9.88. The topological polar surface area (TPSA) is 41.5 Å². The Bertz CT molecular complexity index is 400. The molecule has 0 amide bonds. The summed E-state index contributed by atoms with van der Waals surface area (Å²) in [4.78, 5) is 0. The van der Waals surface area contributed by atoms with E-state index in [-0.39, 0.29) is 6.10 Å². The number of aliphatic hydroxyl groups excluding tert-OH is 1. The van der Waals surface area contributed by atoms with Crippen LogP contribution in [-0.2, 0) is 12.8 Å². The second-order valence-electron chi connectivity index (χ2n) is 5.36. The van der Waals surface area contributed by atoms with Crippen molar-refractivity contribution in [3.63, 3.8) is 0 Å². The standard InChI is InChI=1S/C16H25NO2/c1-3-13-10-12(4-5-16(13)19-2)11-15(18)14-6-8-17-9-7-14/h4-5,10,14-15,17-18H,3,6-9,11H2,1-2H3. The smallest absolute Gasteiger partial charge is 0.122 e. The van der Waals surface area contributed by atoms with Crippen LogP contribution in [0.2, 0.25) is 0 Å². The minimum Gasteiger partial charge on any atom is -0.496 e. The number of rotatable bonds is 5. The third-order valence-electron chi connectivity index (χ3n) is 4.10. The lowest BCUT2D eigenvalue weighted by Crippen LogP contribution is -2.35. The number of hydrogen-bond donors (Lipinski definition) is 2. The van der Waals surface area contributed by atoms with Gasteiger partial charge in [-0.15, -0.1) is 0 Å². The van der Waals surface area contributed by atoms with Gasteiger partial charge in [0.1, 0.15) is 5.75 Å². The van der Waals surface area contributed by atoms with Crippen molar-refractivity contribution in [1.29, 1.82) is 0 Å². The molecule has 0 aliphatic carbocycles. The quantitative estimate of drug-likeness (QED) is 0.855. The van der Waals surface area contributed by atoms with E-state index in [0.717, 1.165) is 44.5 Å². The number of nitrogens with one attached hydrogen (secondary N) is 1. The molecule has 1 unspecified atom stereocenters. The minimum atomic E-state index is -0.222. The van der Waals surface area contributed by atoms with Crippen molar-refractivity contribution in [2.75, 3.05) is 20.2 Å². The molecule has 106 valence electrons. The first-order chi connectivity index (χ1) is 9.24. The van der Waals surface area contributed by atoms with Crippen molar-refractivity contribution in [2.45, 2.75) is 38.7 Å². The van der Waals surface area contributed by atoms with Gasteiger partial charge in [-0.1, -0.05) is 19.1 Å².